The molecule has 6 heteroatoms. The standard InChI is InChI=1S/C14H22N2O2S2/c1-14(6-8-15-9-7-14)11-16-20(17,18)13-5-3-4-12(10-13)19-2/h3-5,10,15-16H,6-9,11H2,1-2H3. The van der Waals surface area contributed by atoms with E-state index < -0.39 is 10.0 Å². The van der Waals surface area contributed by atoms with Crippen LogP contribution >= 0.6 is 11.8 Å². The molecule has 2 rings (SSSR count). The van der Waals surface area contributed by atoms with Gasteiger partial charge in [-0.1, -0.05) is 13.0 Å². The minimum absolute atomic E-state index is 0.0510. The summed E-state index contributed by atoms with van der Waals surface area (Å²) in [5.74, 6) is 0. The molecule has 1 aromatic rings. The van der Waals surface area contributed by atoms with Crippen LogP contribution in [0.5, 0.6) is 0 Å². The van der Waals surface area contributed by atoms with Gasteiger partial charge >= 0.3 is 0 Å². The molecule has 0 aromatic heterocycles. The Hall–Kier alpha value is -0.560. The van der Waals surface area contributed by atoms with Crippen LogP contribution in [-0.4, -0.2) is 34.3 Å². The first-order chi connectivity index (χ1) is 9.45. The van der Waals surface area contributed by atoms with E-state index in [-0.39, 0.29) is 5.41 Å². The van der Waals surface area contributed by atoms with Gasteiger partial charge in [0, 0.05) is 11.4 Å². The van der Waals surface area contributed by atoms with Crippen molar-refractivity contribution >= 4 is 21.8 Å². The number of hydrogen-bond donors (Lipinski definition) is 2. The van der Waals surface area contributed by atoms with Crippen molar-refractivity contribution < 1.29 is 8.42 Å². The quantitative estimate of drug-likeness (QED) is 0.817. The summed E-state index contributed by atoms with van der Waals surface area (Å²) >= 11 is 1.54. The second-order valence-corrected chi connectivity index (χ2v) is 8.21. The summed E-state index contributed by atoms with van der Waals surface area (Å²) in [7, 11) is -3.41. The highest BCUT2D eigenvalue weighted by molar-refractivity contribution is 7.98. The molecule has 1 aliphatic rings. The van der Waals surface area contributed by atoms with Gasteiger partial charge in [-0.05, 0) is 55.8 Å². The SMILES string of the molecule is CSc1cccc(S(=O)(=O)NCC2(C)CCNCC2)c1. The maximum absolute atomic E-state index is 12.3. The minimum Gasteiger partial charge on any atom is -0.317 e. The van der Waals surface area contributed by atoms with Crippen molar-refractivity contribution in [2.24, 2.45) is 5.41 Å². The van der Waals surface area contributed by atoms with Crippen LogP contribution in [0.15, 0.2) is 34.1 Å². The van der Waals surface area contributed by atoms with Gasteiger partial charge in [0.25, 0.3) is 0 Å². The van der Waals surface area contributed by atoms with Crippen LogP contribution in [0.4, 0.5) is 0 Å². The highest BCUT2D eigenvalue weighted by atomic mass is 32.2. The van der Waals surface area contributed by atoms with Crippen LogP contribution in [0.2, 0.25) is 0 Å². The molecule has 0 spiro atoms. The lowest BCUT2D eigenvalue weighted by molar-refractivity contribution is 0.232. The third-order valence-electron chi connectivity index (χ3n) is 3.85. The van der Waals surface area contributed by atoms with E-state index in [0.717, 1.165) is 30.8 Å². The molecular weight excluding hydrogens is 292 g/mol. The zero-order valence-corrected chi connectivity index (χ0v) is 13.6. The lowest BCUT2D eigenvalue weighted by atomic mass is 9.81. The Morgan fingerprint density at radius 2 is 2.05 bits per heavy atom. The molecular formula is C14H22N2O2S2. The van der Waals surface area contributed by atoms with Crippen LogP contribution in [0, 0.1) is 5.41 Å². The predicted octanol–water partition coefficient (Wildman–Crippen LogP) is 2.08. The van der Waals surface area contributed by atoms with Crippen LogP contribution in [0.3, 0.4) is 0 Å². The van der Waals surface area contributed by atoms with Gasteiger partial charge in [-0.25, -0.2) is 13.1 Å². The van der Waals surface area contributed by atoms with Gasteiger partial charge in [-0.15, -0.1) is 11.8 Å². The molecule has 0 unspecified atom stereocenters. The zero-order valence-electron chi connectivity index (χ0n) is 12.0. The summed E-state index contributed by atoms with van der Waals surface area (Å²) in [6, 6.07) is 7.06. The number of hydrogen-bond acceptors (Lipinski definition) is 4. The Kier molecular flexibility index (Phi) is 5.12. The van der Waals surface area contributed by atoms with Crippen molar-refractivity contribution in [3.63, 3.8) is 0 Å². The summed E-state index contributed by atoms with van der Waals surface area (Å²) in [5, 5.41) is 3.30. The van der Waals surface area contributed by atoms with Gasteiger partial charge in [0.1, 0.15) is 0 Å². The van der Waals surface area contributed by atoms with E-state index in [1.165, 1.54) is 0 Å². The van der Waals surface area contributed by atoms with E-state index >= 15 is 0 Å². The van der Waals surface area contributed by atoms with Crippen LogP contribution in [0.1, 0.15) is 19.8 Å². The molecule has 0 saturated carbocycles. The lowest BCUT2D eigenvalue weighted by Gasteiger charge is -2.34. The third kappa shape index (κ3) is 3.97. The van der Waals surface area contributed by atoms with E-state index in [9.17, 15) is 8.42 Å². The van der Waals surface area contributed by atoms with E-state index in [4.69, 9.17) is 0 Å². The molecule has 1 aliphatic heterocycles. The number of rotatable bonds is 5. The smallest absolute Gasteiger partial charge is 0.240 e. The molecule has 1 heterocycles. The first kappa shape index (κ1) is 15.8. The predicted molar refractivity (Wildman–Crippen MR) is 83.6 cm³/mol. The van der Waals surface area contributed by atoms with Crippen molar-refractivity contribution in [3.8, 4) is 0 Å². The Labute approximate surface area is 125 Å². The molecule has 20 heavy (non-hydrogen) atoms. The monoisotopic (exact) mass is 314 g/mol. The molecule has 0 bridgehead atoms. The van der Waals surface area contributed by atoms with Gasteiger partial charge in [0.2, 0.25) is 10.0 Å². The van der Waals surface area contributed by atoms with Crippen LogP contribution < -0.4 is 10.0 Å². The number of thioether (sulfide) groups is 1. The number of sulfonamides is 1. The molecule has 1 fully saturated rings. The molecule has 0 amide bonds. The summed E-state index contributed by atoms with van der Waals surface area (Å²) in [6.07, 6.45) is 3.94. The highest BCUT2D eigenvalue weighted by Crippen LogP contribution is 2.27. The van der Waals surface area contributed by atoms with Gasteiger partial charge < -0.3 is 5.32 Å². The molecule has 112 valence electrons. The summed E-state index contributed by atoms with van der Waals surface area (Å²) < 4.78 is 27.5. The van der Waals surface area contributed by atoms with E-state index in [2.05, 4.69) is 17.0 Å². The topological polar surface area (TPSA) is 58.2 Å². The lowest BCUT2D eigenvalue weighted by Crippen LogP contribution is -2.42. The second-order valence-electron chi connectivity index (χ2n) is 5.56. The van der Waals surface area contributed by atoms with Gasteiger partial charge in [0.15, 0.2) is 0 Å². The summed E-state index contributed by atoms with van der Waals surface area (Å²) in [5.41, 5.74) is 0.0510. The molecule has 1 saturated heterocycles. The molecule has 0 atom stereocenters. The Balaban J connectivity index is 2.06. The first-order valence-corrected chi connectivity index (χ1v) is 9.50. The average Bonchev–Trinajstić information content (AvgIpc) is 2.46. The summed E-state index contributed by atoms with van der Waals surface area (Å²) in [6.45, 7) is 4.57. The molecule has 4 nitrogen and oxygen atoms in total. The molecule has 2 N–H and O–H groups in total. The number of nitrogens with one attached hydrogen (secondary N) is 2. The van der Waals surface area contributed by atoms with Crippen LogP contribution in [0.25, 0.3) is 0 Å². The van der Waals surface area contributed by atoms with Gasteiger partial charge in [0.05, 0.1) is 4.90 Å². The fraction of sp³-hybridized carbons (Fsp3) is 0.571. The normalized spacial score (nSPS) is 18.9. The first-order valence-electron chi connectivity index (χ1n) is 6.80. The van der Waals surface area contributed by atoms with Crippen molar-refractivity contribution in [1.29, 1.82) is 0 Å². The fourth-order valence-electron chi connectivity index (χ4n) is 2.33. The largest absolute Gasteiger partial charge is 0.317 e. The second kappa shape index (κ2) is 6.47. The maximum Gasteiger partial charge on any atom is 0.240 e. The van der Waals surface area contributed by atoms with Gasteiger partial charge in [-0.2, -0.15) is 0 Å². The average molecular weight is 314 g/mol. The summed E-state index contributed by atoms with van der Waals surface area (Å²) in [4.78, 5) is 1.31. The Morgan fingerprint density at radius 1 is 1.35 bits per heavy atom. The molecule has 1 aromatic carbocycles. The Bertz CT molecular complexity index is 552. The zero-order chi connectivity index (χ0) is 14.6. The van der Waals surface area contributed by atoms with E-state index in [1.54, 1.807) is 30.0 Å². The molecule has 0 aliphatic carbocycles. The van der Waals surface area contributed by atoms with Crippen molar-refractivity contribution in [2.45, 2.75) is 29.6 Å². The van der Waals surface area contributed by atoms with Crippen molar-refractivity contribution in [3.05, 3.63) is 24.3 Å². The highest BCUT2D eigenvalue weighted by Gasteiger charge is 2.28. The van der Waals surface area contributed by atoms with E-state index in [0.29, 0.717) is 11.4 Å². The van der Waals surface area contributed by atoms with Crippen LogP contribution in [-0.2, 0) is 10.0 Å². The van der Waals surface area contributed by atoms with Gasteiger partial charge in [-0.3, -0.25) is 0 Å². The molecule has 0 radical (unpaired) electrons. The number of piperidine rings is 1. The van der Waals surface area contributed by atoms with Crippen molar-refractivity contribution in [1.82, 2.24) is 10.0 Å². The Morgan fingerprint density at radius 3 is 2.70 bits per heavy atom. The maximum atomic E-state index is 12.3. The minimum atomic E-state index is -3.41. The third-order valence-corrected chi connectivity index (χ3v) is 5.98. The van der Waals surface area contributed by atoms with E-state index in [1.807, 2.05) is 12.3 Å². The number of benzene rings is 1. The van der Waals surface area contributed by atoms with Crippen molar-refractivity contribution in [2.75, 3.05) is 25.9 Å². The fourth-order valence-corrected chi connectivity index (χ4v) is 4.11.